The lowest BCUT2D eigenvalue weighted by molar-refractivity contribution is -0.123. The molecule has 5 nitrogen and oxygen atoms in total. The maximum absolute atomic E-state index is 14.0. The average Bonchev–Trinajstić information content (AvgIpc) is 3.05. The number of hydrogen-bond acceptors (Lipinski definition) is 4. The van der Waals surface area contributed by atoms with Gasteiger partial charge in [0.15, 0.2) is 0 Å². The third kappa shape index (κ3) is 5.25. The minimum Gasteiger partial charge on any atom is -0.349 e. The largest absolute Gasteiger partial charge is 0.349 e. The Bertz CT molecular complexity index is 1130. The molecule has 0 unspecified atom stereocenters. The summed E-state index contributed by atoms with van der Waals surface area (Å²) in [6, 6.07) is 14.5. The van der Waals surface area contributed by atoms with Gasteiger partial charge in [0.1, 0.15) is 10.9 Å². The molecule has 2 amide bonds. The van der Waals surface area contributed by atoms with Crippen LogP contribution in [0.4, 0.5) is 5.69 Å². The van der Waals surface area contributed by atoms with Crippen molar-refractivity contribution in [3.05, 3.63) is 80.8 Å². The highest BCUT2D eigenvalue weighted by atomic mass is 32.1. The predicted molar refractivity (Wildman–Crippen MR) is 131 cm³/mol. The Hall–Kier alpha value is -2.99. The second-order valence-corrected chi connectivity index (χ2v) is 10.3. The molecule has 0 spiro atoms. The minimum absolute atomic E-state index is 0.228. The zero-order valence-corrected chi connectivity index (χ0v) is 20.6. The van der Waals surface area contributed by atoms with Crippen molar-refractivity contribution in [2.75, 3.05) is 4.90 Å². The smallest absolute Gasteiger partial charge is 0.271 e. The Morgan fingerprint density at radius 1 is 0.969 bits per heavy atom. The summed E-state index contributed by atoms with van der Waals surface area (Å²) < 4.78 is 0. The van der Waals surface area contributed by atoms with E-state index in [-0.39, 0.29) is 11.8 Å². The zero-order valence-electron chi connectivity index (χ0n) is 19.8. The van der Waals surface area contributed by atoms with Gasteiger partial charge in [0.05, 0.1) is 10.7 Å². The van der Waals surface area contributed by atoms with E-state index in [9.17, 15) is 9.59 Å². The molecule has 6 heteroatoms. The van der Waals surface area contributed by atoms with Gasteiger partial charge in [0.25, 0.3) is 5.91 Å². The average molecular weight is 450 g/mol. The summed E-state index contributed by atoms with van der Waals surface area (Å²) in [7, 11) is 0. The normalized spacial score (nSPS) is 12.3. The van der Waals surface area contributed by atoms with Crippen LogP contribution in [0.1, 0.15) is 63.9 Å². The molecule has 1 heterocycles. The number of aryl methyl sites for hydroxylation is 4. The molecular weight excluding hydrogens is 418 g/mol. The third-order valence-electron chi connectivity index (χ3n) is 5.21. The van der Waals surface area contributed by atoms with Crippen LogP contribution in [0.25, 0.3) is 0 Å². The second-order valence-electron chi connectivity index (χ2n) is 9.14. The number of amides is 2. The van der Waals surface area contributed by atoms with E-state index in [1.165, 1.54) is 11.3 Å². The van der Waals surface area contributed by atoms with Gasteiger partial charge in [0, 0.05) is 11.2 Å². The Balaban J connectivity index is 2.23. The summed E-state index contributed by atoms with van der Waals surface area (Å²) in [6.07, 6.45) is 0. The van der Waals surface area contributed by atoms with Gasteiger partial charge in [-0.25, -0.2) is 4.98 Å². The molecule has 3 aromatic rings. The molecule has 1 aromatic heterocycles. The number of benzene rings is 2. The fourth-order valence-corrected chi connectivity index (χ4v) is 4.45. The van der Waals surface area contributed by atoms with Crippen LogP contribution in [-0.2, 0) is 4.79 Å². The van der Waals surface area contributed by atoms with Gasteiger partial charge >= 0.3 is 0 Å². The highest BCUT2D eigenvalue weighted by molar-refractivity contribution is 7.13. The molecule has 0 bridgehead atoms. The number of nitrogens with zero attached hydrogens (tertiary/aromatic N) is 2. The molecule has 0 aliphatic carbocycles. The fourth-order valence-electron chi connectivity index (χ4n) is 3.59. The van der Waals surface area contributed by atoms with Crippen molar-refractivity contribution >= 4 is 28.8 Å². The van der Waals surface area contributed by atoms with Crippen LogP contribution in [0.5, 0.6) is 0 Å². The molecule has 32 heavy (non-hydrogen) atoms. The van der Waals surface area contributed by atoms with E-state index in [1.54, 1.807) is 4.90 Å². The van der Waals surface area contributed by atoms with Gasteiger partial charge < -0.3 is 5.32 Å². The predicted octanol–water partition coefficient (Wildman–Crippen LogP) is 5.68. The topological polar surface area (TPSA) is 62.3 Å². The maximum atomic E-state index is 14.0. The quantitative estimate of drug-likeness (QED) is 0.545. The fraction of sp³-hybridized carbons (Fsp3) is 0.346. The van der Waals surface area contributed by atoms with Crippen molar-refractivity contribution in [3.8, 4) is 0 Å². The van der Waals surface area contributed by atoms with Crippen molar-refractivity contribution in [3.63, 3.8) is 0 Å². The highest BCUT2D eigenvalue weighted by Gasteiger charge is 2.36. The van der Waals surface area contributed by atoms with Gasteiger partial charge in [-0.05, 0) is 77.3 Å². The van der Waals surface area contributed by atoms with Gasteiger partial charge in [-0.2, -0.15) is 0 Å². The lowest BCUT2D eigenvalue weighted by atomic mass is 9.99. The van der Waals surface area contributed by atoms with E-state index in [0.29, 0.717) is 16.3 Å². The van der Waals surface area contributed by atoms with Crippen LogP contribution >= 0.6 is 11.3 Å². The van der Waals surface area contributed by atoms with Crippen molar-refractivity contribution in [2.45, 2.75) is 60.0 Å². The van der Waals surface area contributed by atoms with Gasteiger partial charge in [-0.3, -0.25) is 14.5 Å². The van der Waals surface area contributed by atoms with Crippen LogP contribution < -0.4 is 10.2 Å². The van der Waals surface area contributed by atoms with Crippen LogP contribution in [0.15, 0.2) is 48.5 Å². The molecule has 168 valence electrons. The van der Waals surface area contributed by atoms with Gasteiger partial charge in [-0.1, -0.05) is 36.4 Å². The summed E-state index contributed by atoms with van der Waals surface area (Å²) in [5.74, 6) is -0.455. The van der Waals surface area contributed by atoms with Crippen molar-refractivity contribution in [1.82, 2.24) is 10.3 Å². The molecule has 3 rings (SSSR count). The summed E-state index contributed by atoms with van der Waals surface area (Å²) >= 11 is 1.36. The number of carbonyl (C=O) groups is 2. The standard InChI is InChI=1S/C26H31N3O2S/c1-16-13-14-21(15-17(16)2)29(25(31)23-18(3)27-19(4)32-23)22(20-11-9-8-10-12-20)24(30)28-26(5,6)7/h8-15,22H,1-7H3,(H,28,30)/t22-/m0/s1. The molecular formula is C26H31N3O2S. The maximum Gasteiger partial charge on any atom is 0.271 e. The molecule has 1 atom stereocenters. The summed E-state index contributed by atoms with van der Waals surface area (Å²) in [5.41, 5.74) is 3.84. The molecule has 0 saturated heterocycles. The van der Waals surface area contributed by atoms with E-state index in [4.69, 9.17) is 0 Å². The molecule has 2 aromatic carbocycles. The number of nitrogens with one attached hydrogen (secondary N) is 1. The minimum atomic E-state index is -0.827. The third-order valence-corrected chi connectivity index (χ3v) is 6.27. The Labute approximate surface area is 194 Å². The summed E-state index contributed by atoms with van der Waals surface area (Å²) in [6.45, 7) is 13.6. The summed E-state index contributed by atoms with van der Waals surface area (Å²) in [5, 5.41) is 3.90. The van der Waals surface area contributed by atoms with Crippen molar-refractivity contribution in [1.29, 1.82) is 0 Å². The first-order chi connectivity index (χ1) is 15.0. The number of carbonyl (C=O) groups excluding carboxylic acids is 2. The van der Waals surface area contributed by atoms with Crippen LogP contribution in [0, 0.1) is 27.7 Å². The van der Waals surface area contributed by atoms with Crippen molar-refractivity contribution in [2.24, 2.45) is 0 Å². The number of aromatic nitrogens is 1. The molecule has 0 aliphatic rings. The monoisotopic (exact) mass is 449 g/mol. The van der Waals surface area contributed by atoms with E-state index < -0.39 is 11.6 Å². The van der Waals surface area contributed by atoms with Gasteiger partial charge in [0.2, 0.25) is 5.91 Å². The Morgan fingerprint density at radius 2 is 1.62 bits per heavy atom. The van der Waals surface area contributed by atoms with Crippen LogP contribution in [0.3, 0.4) is 0 Å². The molecule has 0 fully saturated rings. The lowest BCUT2D eigenvalue weighted by Gasteiger charge is -2.34. The first-order valence-corrected chi connectivity index (χ1v) is 11.5. The SMILES string of the molecule is Cc1nc(C)c(C(=O)N(c2ccc(C)c(C)c2)[C@H](C(=O)NC(C)(C)C)c2ccccc2)s1. The first kappa shape index (κ1) is 23.7. The lowest BCUT2D eigenvalue weighted by Crippen LogP contribution is -2.49. The van der Waals surface area contributed by atoms with Gasteiger partial charge in [-0.15, -0.1) is 11.3 Å². The second kappa shape index (κ2) is 9.25. The molecule has 0 radical (unpaired) electrons. The van der Waals surface area contributed by atoms with E-state index in [2.05, 4.69) is 10.3 Å². The Morgan fingerprint density at radius 3 is 2.16 bits per heavy atom. The van der Waals surface area contributed by atoms with E-state index >= 15 is 0 Å². The summed E-state index contributed by atoms with van der Waals surface area (Å²) in [4.78, 5) is 34.2. The van der Waals surface area contributed by atoms with Crippen molar-refractivity contribution < 1.29 is 9.59 Å². The van der Waals surface area contributed by atoms with E-state index in [0.717, 1.165) is 21.7 Å². The number of anilines is 1. The highest BCUT2D eigenvalue weighted by Crippen LogP contribution is 2.33. The number of rotatable bonds is 5. The van der Waals surface area contributed by atoms with Crippen LogP contribution in [0.2, 0.25) is 0 Å². The van der Waals surface area contributed by atoms with Crippen LogP contribution in [-0.4, -0.2) is 22.3 Å². The number of thiazole rings is 1. The number of hydrogen-bond donors (Lipinski definition) is 1. The first-order valence-electron chi connectivity index (χ1n) is 10.7. The Kier molecular flexibility index (Phi) is 6.84. The molecule has 0 aliphatic heterocycles. The zero-order chi connectivity index (χ0) is 23.6. The molecule has 1 N–H and O–H groups in total. The molecule has 0 saturated carbocycles. The van der Waals surface area contributed by atoms with E-state index in [1.807, 2.05) is 97.0 Å².